The summed E-state index contributed by atoms with van der Waals surface area (Å²) in [5, 5.41) is 6.73. The van der Waals surface area contributed by atoms with Crippen LogP contribution in [-0.4, -0.2) is 46.1 Å². The molecule has 154 valence electrons. The van der Waals surface area contributed by atoms with E-state index in [1.54, 1.807) is 11.1 Å². The molecule has 1 aliphatic rings. The number of amides is 2. The van der Waals surface area contributed by atoms with Gasteiger partial charge in [-0.05, 0) is 42.7 Å². The molecule has 1 saturated heterocycles. The van der Waals surface area contributed by atoms with Gasteiger partial charge < -0.3 is 10.2 Å². The summed E-state index contributed by atoms with van der Waals surface area (Å²) in [4.78, 5) is 25.8. The summed E-state index contributed by atoms with van der Waals surface area (Å²) in [7, 11) is 0. The lowest BCUT2D eigenvalue weighted by Crippen LogP contribution is -2.44. The Morgan fingerprint density at radius 3 is 2.45 bits per heavy atom. The zero-order valence-corrected chi connectivity index (χ0v) is 15.6. The van der Waals surface area contributed by atoms with Gasteiger partial charge >= 0.3 is 6.18 Å². The van der Waals surface area contributed by atoms with Crippen LogP contribution in [0.5, 0.6) is 0 Å². The molecule has 9 heteroatoms. The quantitative estimate of drug-likeness (QED) is 0.777. The number of hydrogen-bond acceptors (Lipinski definition) is 3. The van der Waals surface area contributed by atoms with Gasteiger partial charge in [0.25, 0.3) is 0 Å². The van der Waals surface area contributed by atoms with Crippen LogP contribution in [0.25, 0.3) is 6.08 Å². The molecule has 29 heavy (non-hydrogen) atoms. The van der Waals surface area contributed by atoms with Gasteiger partial charge in [-0.15, -0.1) is 0 Å². The van der Waals surface area contributed by atoms with E-state index in [1.807, 2.05) is 16.9 Å². The second-order valence-corrected chi connectivity index (χ2v) is 6.77. The van der Waals surface area contributed by atoms with Gasteiger partial charge in [-0.2, -0.15) is 18.3 Å². The first-order chi connectivity index (χ1) is 13.8. The fraction of sp³-hybridized carbons (Fsp3) is 0.350. The Morgan fingerprint density at radius 1 is 1.17 bits per heavy atom. The maximum absolute atomic E-state index is 12.5. The molecule has 0 atom stereocenters. The van der Waals surface area contributed by atoms with Crippen LogP contribution in [0.1, 0.15) is 30.0 Å². The molecular formula is C20H21F3N4O2. The van der Waals surface area contributed by atoms with Crippen molar-refractivity contribution in [3.63, 3.8) is 0 Å². The number of nitrogens with zero attached hydrogens (tertiary/aromatic N) is 3. The van der Waals surface area contributed by atoms with Crippen LogP contribution < -0.4 is 5.32 Å². The SMILES string of the molecule is O=C(/C=C/c1ccc(C(F)(F)F)cc1)NCC(=O)N1CCC(n2cccn2)CC1. The molecule has 0 unspecified atom stereocenters. The molecular weight excluding hydrogens is 385 g/mol. The molecule has 3 rings (SSSR count). The molecule has 1 aromatic carbocycles. The Hall–Kier alpha value is -3.10. The number of carbonyl (C=O) groups is 2. The highest BCUT2D eigenvalue weighted by Crippen LogP contribution is 2.29. The molecule has 1 aromatic heterocycles. The summed E-state index contributed by atoms with van der Waals surface area (Å²) >= 11 is 0. The van der Waals surface area contributed by atoms with Gasteiger partial charge in [0.05, 0.1) is 18.2 Å². The second kappa shape index (κ2) is 8.93. The summed E-state index contributed by atoms with van der Waals surface area (Å²) in [6, 6.07) is 6.60. The van der Waals surface area contributed by atoms with Crippen molar-refractivity contribution in [2.45, 2.75) is 25.1 Å². The van der Waals surface area contributed by atoms with Gasteiger partial charge in [0.15, 0.2) is 0 Å². The summed E-state index contributed by atoms with van der Waals surface area (Å²) in [5.41, 5.74) is -0.291. The number of aromatic nitrogens is 2. The smallest absolute Gasteiger partial charge is 0.343 e. The Morgan fingerprint density at radius 2 is 1.86 bits per heavy atom. The zero-order valence-electron chi connectivity index (χ0n) is 15.6. The van der Waals surface area contributed by atoms with Crippen molar-refractivity contribution >= 4 is 17.9 Å². The van der Waals surface area contributed by atoms with Crippen LogP contribution in [0.15, 0.2) is 48.8 Å². The fourth-order valence-electron chi connectivity index (χ4n) is 3.17. The lowest BCUT2D eigenvalue weighted by atomic mass is 10.1. The van der Waals surface area contributed by atoms with Gasteiger partial charge in [0.1, 0.15) is 0 Å². The van der Waals surface area contributed by atoms with Crippen LogP contribution in [0.2, 0.25) is 0 Å². The van der Waals surface area contributed by atoms with Gasteiger partial charge in [-0.3, -0.25) is 14.3 Å². The predicted molar refractivity (Wildman–Crippen MR) is 101 cm³/mol. The van der Waals surface area contributed by atoms with Gasteiger partial charge in [0, 0.05) is 31.6 Å². The number of carbonyl (C=O) groups excluding carboxylic acids is 2. The average Bonchev–Trinajstić information content (AvgIpc) is 3.25. The van der Waals surface area contributed by atoms with Gasteiger partial charge in [-0.1, -0.05) is 12.1 Å². The molecule has 0 radical (unpaired) electrons. The van der Waals surface area contributed by atoms with E-state index in [0.29, 0.717) is 18.7 Å². The van der Waals surface area contributed by atoms with Crippen LogP contribution >= 0.6 is 0 Å². The highest BCUT2D eigenvalue weighted by Gasteiger charge is 2.29. The van der Waals surface area contributed by atoms with E-state index in [1.165, 1.54) is 24.3 Å². The standard InChI is InChI=1S/C20H21F3N4O2/c21-20(22,23)16-5-2-15(3-6-16)4-7-18(28)24-14-19(29)26-12-8-17(9-13-26)27-11-1-10-25-27/h1-7,10-11,17H,8-9,12-14H2,(H,24,28)/b7-4+. The molecule has 2 aromatic rings. The van der Waals surface area contributed by atoms with Crippen molar-refractivity contribution in [3.8, 4) is 0 Å². The minimum Gasteiger partial charge on any atom is -0.343 e. The Balaban J connectivity index is 1.42. The summed E-state index contributed by atoms with van der Waals surface area (Å²) in [6.45, 7) is 1.07. The Kier molecular flexibility index (Phi) is 6.36. The zero-order chi connectivity index (χ0) is 20.9. The first-order valence-electron chi connectivity index (χ1n) is 9.23. The molecule has 6 nitrogen and oxygen atoms in total. The number of likely N-dealkylation sites (tertiary alicyclic amines) is 1. The molecule has 1 fully saturated rings. The number of piperidine rings is 1. The van der Waals surface area contributed by atoms with E-state index in [-0.39, 0.29) is 18.5 Å². The van der Waals surface area contributed by atoms with E-state index in [2.05, 4.69) is 10.4 Å². The molecule has 1 N–H and O–H groups in total. The van der Waals surface area contributed by atoms with E-state index in [0.717, 1.165) is 25.0 Å². The molecule has 0 aliphatic carbocycles. The third kappa shape index (κ3) is 5.69. The first kappa shape index (κ1) is 20.6. The average molecular weight is 406 g/mol. The highest BCUT2D eigenvalue weighted by molar-refractivity contribution is 5.94. The number of benzene rings is 1. The molecule has 0 saturated carbocycles. The third-order valence-electron chi connectivity index (χ3n) is 4.80. The van der Waals surface area contributed by atoms with Crippen LogP contribution in [-0.2, 0) is 15.8 Å². The fourth-order valence-corrected chi connectivity index (χ4v) is 3.17. The summed E-state index contributed by atoms with van der Waals surface area (Å²) in [5.74, 6) is -0.648. The highest BCUT2D eigenvalue weighted by atomic mass is 19.4. The lowest BCUT2D eigenvalue weighted by molar-refractivity contribution is -0.137. The minimum atomic E-state index is -4.40. The number of rotatable bonds is 5. The number of halogens is 3. The Bertz CT molecular complexity index is 853. The van der Waals surface area contributed by atoms with Crippen molar-refractivity contribution in [1.82, 2.24) is 20.0 Å². The lowest BCUT2D eigenvalue weighted by Gasteiger charge is -2.32. The maximum atomic E-state index is 12.5. The van der Waals surface area contributed by atoms with Crippen LogP contribution in [0.4, 0.5) is 13.2 Å². The van der Waals surface area contributed by atoms with Crippen molar-refractivity contribution in [1.29, 1.82) is 0 Å². The van der Waals surface area contributed by atoms with E-state index in [4.69, 9.17) is 0 Å². The summed E-state index contributed by atoms with van der Waals surface area (Å²) < 4.78 is 39.5. The number of nitrogens with one attached hydrogen (secondary N) is 1. The van der Waals surface area contributed by atoms with Crippen molar-refractivity contribution in [3.05, 3.63) is 59.9 Å². The largest absolute Gasteiger partial charge is 0.416 e. The van der Waals surface area contributed by atoms with Crippen LogP contribution in [0.3, 0.4) is 0 Å². The molecule has 2 amide bonds. The first-order valence-corrected chi connectivity index (χ1v) is 9.23. The van der Waals surface area contributed by atoms with Gasteiger partial charge in [0.2, 0.25) is 11.8 Å². The Labute approximate surface area is 166 Å². The van der Waals surface area contributed by atoms with E-state index < -0.39 is 17.6 Å². The van der Waals surface area contributed by atoms with Gasteiger partial charge in [-0.25, -0.2) is 0 Å². The topological polar surface area (TPSA) is 67.2 Å². The van der Waals surface area contributed by atoms with Crippen molar-refractivity contribution in [2.24, 2.45) is 0 Å². The molecule has 0 bridgehead atoms. The third-order valence-corrected chi connectivity index (χ3v) is 4.80. The second-order valence-electron chi connectivity index (χ2n) is 6.77. The van der Waals surface area contributed by atoms with Crippen molar-refractivity contribution in [2.75, 3.05) is 19.6 Å². The number of alkyl halides is 3. The van der Waals surface area contributed by atoms with Crippen LogP contribution in [0, 0.1) is 0 Å². The van der Waals surface area contributed by atoms with Crippen molar-refractivity contribution < 1.29 is 22.8 Å². The van der Waals surface area contributed by atoms with E-state index in [9.17, 15) is 22.8 Å². The molecule has 2 heterocycles. The predicted octanol–water partition coefficient (Wildman–Crippen LogP) is 2.90. The normalized spacial score (nSPS) is 15.6. The summed E-state index contributed by atoms with van der Waals surface area (Å²) in [6.07, 6.45) is 3.43. The minimum absolute atomic E-state index is 0.122. The molecule has 0 spiro atoms. The number of hydrogen-bond donors (Lipinski definition) is 1. The van der Waals surface area contributed by atoms with E-state index >= 15 is 0 Å². The monoisotopic (exact) mass is 406 g/mol. The maximum Gasteiger partial charge on any atom is 0.416 e. The molecule has 1 aliphatic heterocycles.